The first kappa shape index (κ1) is 13.4. The number of hydrogen-bond acceptors (Lipinski definition) is 4. The van der Waals surface area contributed by atoms with Crippen LogP contribution in [0.2, 0.25) is 0 Å². The molecule has 1 rings (SSSR count). The molecule has 0 aromatic rings. The predicted octanol–water partition coefficient (Wildman–Crippen LogP) is -0.438. The van der Waals surface area contributed by atoms with Crippen molar-refractivity contribution in [1.82, 2.24) is 10.2 Å². The van der Waals surface area contributed by atoms with Gasteiger partial charge in [0.15, 0.2) is 0 Å². The minimum absolute atomic E-state index is 0.0860. The summed E-state index contributed by atoms with van der Waals surface area (Å²) in [5, 5.41) is 2.88. The van der Waals surface area contributed by atoms with Crippen LogP contribution in [0, 0.1) is 0 Å². The third-order valence-corrected chi connectivity index (χ3v) is 3.11. The lowest BCUT2D eigenvalue weighted by Gasteiger charge is -2.22. The van der Waals surface area contributed by atoms with Gasteiger partial charge in [0.2, 0.25) is 5.91 Å². The molecule has 94 valence electrons. The molecule has 1 fully saturated rings. The fourth-order valence-electron chi connectivity index (χ4n) is 1.80. The van der Waals surface area contributed by atoms with Gasteiger partial charge in [0.05, 0.1) is 6.61 Å². The number of likely N-dealkylation sites (N-methyl/N-ethyl adjacent to an activating group) is 1. The van der Waals surface area contributed by atoms with Gasteiger partial charge in [-0.2, -0.15) is 0 Å². The minimum atomic E-state index is -0.802. The topological polar surface area (TPSA) is 67.6 Å². The Morgan fingerprint density at radius 3 is 2.69 bits per heavy atom. The summed E-state index contributed by atoms with van der Waals surface area (Å²) in [7, 11) is 0. The third-order valence-electron chi connectivity index (χ3n) is 3.11. The Kier molecular flexibility index (Phi) is 5.18. The lowest BCUT2D eigenvalue weighted by Crippen LogP contribution is -2.55. The predicted molar refractivity (Wildman–Crippen MR) is 63.2 cm³/mol. The Morgan fingerprint density at radius 2 is 2.19 bits per heavy atom. The molecule has 5 nitrogen and oxygen atoms in total. The summed E-state index contributed by atoms with van der Waals surface area (Å²) in [6.07, 6.45) is 0.615. The van der Waals surface area contributed by atoms with Crippen LogP contribution in [0.15, 0.2) is 0 Å². The maximum Gasteiger partial charge on any atom is 0.242 e. The lowest BCUT2D eigenvalue weighted by molar-refractivity contribution is -0.126. The van der Waals surface area contributed by atoms with E-state index in [1.165, 1.54) is 0 Å². The number of hydrogen-bond donors (Lipinski definition) is 2. The number of carbonyl (C=O) groups excluding carboxylic acids is 1. The van der Waals surface area contributed by atoms with Gasteiger partial charge in [0, 0.05) is 19.7 Å². The fraction of sp³-hybridized carbons (Fsp3) is 0.909. The zero-order chi connectivity index (χ0) is 12.0. The standard InChI is InChI=1S/C11H23N3O2/c1-3-14(4-2)7-6-13-10(15)11(12)5-8-16-9-11/h3-9,12H2,1-2H3,(H,13,15). The SMILES string of the molecule is CCN(CC)CCNC(=O)C1(N)CCOC1. The second kappa shape index (κ2) is 6.18. The summed E-state index contributed by atoms with van der Waals surface area (Å²) in [6, 6.07) is 0. The van der Waals surface area contributed by atoms with Crippen LogP contribution in [0.5, 0.6) is 0 Å². The maximum absolute atomic E-state index is 11.8. The maximum atomic E-state index is 11.8. The molecule has 1 heterocycles. The van der Waals surface area contributed by atoms with E-state index in [4.69, 9.17) is 10.5 Å². The van der Waals surface area contributed by atoms with Crippen molar-refractivity contribution in [3.8, 4) is 0 Å². The highest BCUT2D eigenvalue weighted by Gasteiger charge is 2.37. The average molecular weight is 229 g/mol. The van der Waals surface area contributed by atoms with Gasteiger partial charge in [0.1, 0.15) is 5.54 Å². The van der Waals surface area contributed by atoms with Crippen LogP contribution in [0.1, 0.15) is 20.3 Å². The van der Waals surface area contributed by atoms with E-state index < -0.39 is 5.54 Å². The number of carbonyl (C=O) groups is 1. The van der Waals surface area contributed by atoms with Crippen molar-refractivity contribution in [3.63, 3.8) is 0 Å². The number of nitrogens with two attached hydrogens (primary N) is 1. The number of ether oxygens (including phenoxy) is 1. The van der Waals surface area contributed by atoms with Crippen LogP contribution in [0.4, 0.5) is 0 Å². The quantitative estimate of drug-likeness (QED) is 0.648. The van der Waals surface area contributed by atoms with E-state index in [-0.39, 0.29) is 5.91 Å². The molecule has 0 radical (unpaired) electrons. The molecule has 1 saturated heterocycles. The van der Waals surface area contributed by atoms with Crippen LogP contribution in [0.3, 0.4) is 0 Å². The van der Waals surface area contributed by atoms with E-state index in [0.717, 1.165) is 19.6 Å². The smallest absolute Gasteiger partial charge is 0.242 e. The van der Waals surface area contributed by atoms with Crippen molar-refractivity contribution >= 4 is 5.91 Å². The number of nitrogens with zero attached hydrogens (tertiary/aromatic N) is 1. The zero-order valence-electron chi connectivity index (χ0n) is 10.3. The summed E-state index contributed by atoms with van der Waals surface area (Å²) in [4.78, 5) is 14.0. The molecular formula is C11H23N3O2. The average Bonchev–Trinajstić information content (AvgIpc) is 2.72. The Labute approximate surface area is 97.3 Å². The van der Waals surface area contributed by atoms with Gasteiger partial charge < -0.3 is 20.7 Å². The Hall–Kier alpha value is -0.650. The van der Waals surface area contributed by atoms with E-state index in [1.54, 1.807) is 0 Å². The number of rotatable bonds is 6. The monoisotopic (exact) mass is 229 g/mol. The van der Waals surface area contributed by atoms with E-state index >= 15 is 0 Å². The molecule has 0 aromatic heterocycles. The molecule has 1 amide bonds. The molecule has 1 atom stereocenters. The number of amides is 1. The molecule has 0 saturated carbocycles. The van der Waals surface area contributed by atoms with Crippen LogP contribution < -0.4 is 11.1 Å². The van der Waals surface area contributed by atoms with E-state index in [1.807, 2.05) is 0 Å². The summed E-state index contributed by atoms with van der Waals surface area (Å²) in [5.74, 6) is -0.0860. The first-order chi connectivity index (χ1) is 7.62. The summed E-state index contributed by atoms with van der Waals surface area (Å²) in [6.45, 7) is 8.67. The minimum Gasteiger partial charge on any atom is -0.379 e. The molecule has 0 bridgehead atoms. The van der Waals surface area contributed by atoms with Crippen LogP contribution in [0.25, 0.3) is 0 Å². The largest absolute Gasteiger partial charge is 0.379 e. The molecule has 0 aromatic carbocycles. The Balaban J connectivity index is 2.24. The molecule has 0 aliphatic carbocycles. The first-order valence-corrected chi connectivity index (χ1v) is 5.99. The first-order valence-electron chi connectivity index (χ1n) is 5.99. The van der Waals surface area contributed by atoms with E-state index in [2.05, 4.69) is 24.1 Å². The summed E-state index contributed by atoms with van der Waals surface area (Å²) >= 11 is 0. The Bertz CT molecular complexity index is 223. The third kappa shape index (κ3) is 3.43. The number of nitrogens with one attached hydrogen (secondary N) is 1. The molecule has 5 heteroatoms. The van der Waals surface area contributed by atoms with E-state index in [9.17, 15) is 4.79 Å². The normalized spacial score (nSPS) is 25.0. The zero-order valence-corrected chi connectivity index (χ0v) is 10.3. The summed E-state index contributed by atoms with van der Waals surface area (Å²) < 4.78 is 5.15. The van der Waals surface area contributed by atoms with Crippen molar-refractivity contribution in [2.24, 2.45) is 5.73 Å². The van der Waals surface area contributed by atoms with Gasteiger partial charge in [-0.15, -0.1) is 0 Å². The van der Waals surface area contributed by atoms with Gasteiger partial charge in [0.25, 0.3) is 0 Å². The highest BCUT2D eigenvalue weighted by atomic mass is 16.5. The second-order valence-electron chi connectivity index (χ2n) is 4.24. The molecule has 0 spiro atoms. The summed E-state index contributed by atoms with van der Waals surface area (Å²) in [5.41, 5.74) is 5.13. The van der Waals surface area contributed by atoms with Crippen LogP contribution in [-0.4, -0.2) is 55.7 Å². The van der Waals surface area contributed by atoms with Gasteiger partial charge >= 0.3 is 0 Å². The second-order valence-corrected chi connectivity index (χ2v) is 4.24. The molecule has 16 heavy (non-hydrogen) atoms. The van der Waals surface area contributed by atoms with Crippen LogP contribution >= 0.6 is 0 Å². The molecule has 1 aliphatic heterocycles. The van der Waals surface area contributed by atoms with Crippen molar-refractivity contribution in [2.45, 2.75) is 25.8 Å². The lowest BCUT2D eigenvalue weighted by atomic mass is 9.99. The highest BCUT2D eigenvalue weighted by molar-refractivity contribution is 5.86. The molecule has 1 aliphatic rings. The van der Waals surface area contributed by atoms with Crippen LogP contribution in [-0.2, 0) is 9.53 Å². The fourth-order valence-corrected chi connectivity index (χ4v) is 1.80. The van der Waals surface area contributed by atoms with Crippen molar-refractivity contribution in [2.75, 3.05) is 39.4 Å². The highest BCUT2D eigenvalue weighted by Crippen LogP contribution is 2.14. The van der Waals surface area contributed by atoms with Gasteiger partial charge in [-0.05, 0) is 19.5 Å². The van der Waals surface area contributed by atoms with E-state index in [0.29, 0.717) is 26.2 Å². The van der Waals surface area contributed by atoms with Crippen molar-refractivity contribution < 1.29 is 9.53 Å². The van der Waals surface area contributed by atoms with Gasteiger partial charge in [-0.1, -0.05) is 13.8 Å². The van der Waals surface area contributed by atoms with Crippen molar-refractivity contribution in [1.29, 1.82) is 0 Å². The van der Waals surface area contributed by atoms with Crippen molar-refractivity contribution in [3.05, 3.63) is 0 Å². The van der Waals surface area contributed by atoms with Gasteiger partial charge in [-0.3, -0.25) is 4.79 Å². The van der Waals surface area contributed by atoms with Gasteiger partial charge in [-0.25, -0.2) is 0 Å². The molecular weight excluding hydrogens is 206 g/mol. The molecule has 3 N–H and O–H groups in total. The molecule has 1 unspecified atom stereocenters. The Morgan fingerprint density at radius 1 is 1.50 bits per heavy atom.